The lowest BCUT2D eigenvalue weighted by atomic mass is 10.0. The first-order chi connectivity index (χ1) is 15.8. The van der Waals surface area contributed by atoms with Gasteiger partial charge in [0.05, 0.1) is 18.1 Å². The van der Waals surface area contributed by atoms with Gasteiger partial charge in [0.1, 0.15) is 5.66 Å². The number of hydrogen-bond acceptors (Lipinski definition) is 9. The minimum Gasteiger partial charge on any atom is -0.379 e. The van der Waals surface area contributed by atoms with Crippen molar-refractivity contribution in [1.82, 2.24) is 19.4 Å². The molecule has 33 heavy (non-hydrogen) atoms. The Balaban J connectivity index is 1.38. The SMILES string of the molecule is CN1CCN(S(=O)(=O)c2cccc(NC3=NC(N)(CCCN4CCOCC4)C=CN3)c2)CC1. The van der Waals surface area contributed by atoms with Crippen molar-refractivity contribution >= 4 is 21.7 Å². The van der Waals surface area contributed by atoms with E-state index in [4.69, 9.17) is 10.5 Å². The van der Waals surface area contributed by atoms with Crippen molar-refractivity contribution in [2.75, 3.05) is 71.4 Å². The van der Waals surface area contributed by atoms with E-state index in [1.807, 2.05) is 19.2 Å². The van der Waals surface area contributed by atoms with Gasteiger partial charge in [0.15, 0.2) is 0 Å². The lowest BCUT2D eigenvalue weighted by Gasteiger charge is -2.31. The maximum Gasteiger partial charge on any atom is 0.243 e. The minimum absolute atomic E-state index is 0.272. The molecule has 0 saturated carbocycles. The van der Waals surface area contributed by atoms with Gasteiger partial charge in [-0.1, -0.05) is 6.07 Å². The summed E-state index contributed by atoms with van der Waals surface area (Å²) in [6.07, 6.45) is 5.29. The molecule has 3 aliphatic heterocycles. The van der Waals surface area contributed by atoms with E-state index < -0.39 is 15.7 Å². The number of hydrogen-bond donors (Lipinski definition) is 3. The largest absolute Gasteiger partial charge is 0.379 e. The Morgan fingerprint density at radius 1 is 1.18 bits per heavy atom. The van der Waals surface area contributed by atoms with Crippen LogP contribution in [0.15, 0.2) is 46.4 Å². The molecular formula is C22H35N7O3S. The first-order valence-corrected chi connectivity index (χ1v) is 13.0. The highest BCUT2D eigenvalue weighted by atomic mass is 32.2. The summed E-state index contributed by atoms with van der Waals surface area (Å²) in [7, 11) is -1.54. The predicted molar refractivity (Wildman–Crippen MR) is 129 cm³/mol. The van der Waals surface area contributed by atoms with Gasteiger partial charge in [0.25, 0.3) is 0 Å². The molecule has 0 radical (unpaired) electrons. The van der Waals surface area contributed by atoms with Gasteiger partial charge in [-0.25, -0.2) is 13.4 Å². The van der Waals surface area contributed by atoms with Gasteiger partial charge in [-0.3, -0.25) is 4.90 Å². The summed E-state index contributed by atoms with van der Waals surface area (Å²) >= 11 is 0. The summed E-state index contributed by atoms with van der Waals surface area (Å²) in [5.41, 5.74) is 6.36. The Hall–Kier alpha value is -2.02. The summed E-state index contributed by atoms with van der Waals surface area (Å²) in [6.45, 7) is 6.90. The van der Waals surface area contributed by atoms with E-state index in [1.165, 1.54) is 0 Å². The van der Waals surface area contributed by atoms with Gasteiger partial charge in [-0.05, 0) is 50.7 Å². The highest BCUT2D eigenvalue weighted by Crippen LogP contribution is 2.22. The van der Waals surface area contributed by atoms with E-state index in [9.17, 15) is 8.42 Å². The summed E-state index contributed by atoms with van der Waals surface area (Å²) in [4.78, 5) is 9.44. The molecule has 0 amide bonds. The molecule has 2 fully saturated rings. The van der Waals surface area contributed by atoms with E-state index in [0.29, 0.717) is 31.2 Å². The molecule has 11 heteroatoms. The van der Waals surface area contributed by atoms with Crippen LogP contribution in [0.2, 0.25) is 0 Å². The number of aliphatic imine (C=N–C) groups is 1. The van der Waals surface area contributed by atoms with Crippen LogP contribution in [-0.2, 0) is 14.8 Å². The van der Waals surface area contributed by atoms with Crippen LogP contribution >= 0.6 is 0 Å². The highest BCUT2D eigenvalue weighted by Gasteiger charge is 2.28. The lowest BCUT2D eigenvalue weighted by Crippen LogP contribution is -2.47. The number of nitrogens with two attached hydrogens (primary N) is 1. The molecule has 10 nitrogen and oxygen atoms in total. The molecule has 1 aromatic rings. The quantitative estimate of drug-likeness (QED) is 0.513. The number of nitrogens with zero attached hydrogens (tertiary/aromatic N) is 4. The van der Waals surface area contributed by atoms with Gasteiger partial charge in [0, 0.05) is 51.2 Å². The third kappa shape index (κ3) is 6.31. The second kappa shape index (κ2) is 10.5. The molecular weight excluding hydrogens is 442 g/mol. The fourth-order valence-electron chi connectivity index (χ4n) is 4.21. The van der Waals surface area contributed by atoms with Gasteiger partial charge >= 0.3 is 0 Å². The zero-order chi connectivity index (χ0) is 23.3. The lowest BCUT2D eigenvalue weighted by molar-refractivity contribution is 0.0367. The van der Waals surface area contributed by atoms with E-state index in [1.54, 1.807) is 28.7 Å². The molecule has 4 N–H and O–H groups in total. The van der Waals surface area contributed by atoms with Crippen LogP contribution in [-0.4, -0.2) is 100 Å². The van der Waals surface area contributed by atoms with Crippen molar-refractivity contribution in [2.45, 2.75) is 23.4 Å². The molecule has 0 aliphatic carbocycles. The number of nitrogens with one attached hydrogen (secondary N) is 2. The van der Waals surface area contributed by atoms with Crippen molar-refractivity contribution in [2.24, 2.45) is 10.7 Å². The van der Waals surface area contributed by atoms with Gasteiger partial charge < -0.3 is 26.0 Å². The van der Waals surface area contributed by atoms with Crippen LogP contribution in [0, 0.1) is 0 Å². The number of sulfonamides is 1. The maximum atomic E-state index is 13.1. The maximum absolute atomic E-state index is 13.1. The number of piperazine rings is 1. The molecule has 3 heterocycles. The van der Waals surface area contributed by atoms with E-state index in [2.05, 4.69) is 25.4 Å². The van der Waals surface area contributed by atoms with Gasteiger partial charge in [-0.2, -0.15) is 4.31 Å². The second-order valence-electron chi connectivity index (χ2n) is 8.85. The summed E-state index contributed by atoms with van der Waals surface area (Å²) < 4.78 is 33.1. The Bertz CT molecular complexity index is 970. The fourth-order valence-corrected chi connectivity index (χ4v) is 5.67. The first-order valence-electron chi connectivity index (χ1n) is 11.5. The van der Waals surface area contributed by atoms with Crippen LogP contribution in [0.4, 0.5) is 5.69 Å². The molecule has 2 saturated heterocycles. The Kier molecular flexibility index (Phi) is 7.67. The Morgan fingerprint density at radius 2 is 1.94 bits per heavy atom. The monoisotopic (exact) mass is 477 g/mol. The average Bonchev–Trinajstić information content (AvgIpc) is 2.80. The zero-order valence-corrected chi connectivity index (χ0v) is 20.1. The third-order valence-corrected chi connectivity index (χ3v) is 8.16. The molecule has 0 aromatic heterocycles. The van der Waals surface area contributed by atoms with Crippen LogP contribution in [0.1, 0.15) is 12.8 Å². The Morgan fingerprint density at radius 3 is 2.70 bits per heavy atom. The van der Waals surface area contributed by atoms with Crippen molar-refractivity contribution in [3.8, 4) is 0 Å². The van der Waals surface area contributed by atoms with Crippen LogP contribution in [0.25, 0.3) is 0 Å². The highest BCUT2D eigenvalue weighted by molar-refractivity contribution is 7.89. The first kappa shape index (κ1) is 24.1. The number of morpholine rings is 1. The predicted octanol–water partition coefficient (Wildman–Crippen LogP) is 0.275. The van der Waals surface area contributed by atoms with Crippen molar-refractivity contribution < 1.29 is 13.2 Å². The summed E-state index contributed by atoms with van der Waals surface area (Å²) in [5, 5.41) is 6.26. The molecule has 1 unspecified atom stereocenters. The van der Waals surface area contributed by atoms with Gasteiger partial charge in [-0.15, -0.1) is 0 Å². The average molecular weight is 478 g/mol. The fraction of sp³-hybridized carbons (Fsp3) is 0.591. The van der Waals surface area contributed by atoms with Gasteiger partial charge in [0.2, 0.25) is 16.0 Å². The molecule has 1 atom stereocenters. The zero-order valence-electron chi connectivity index (χ0n) is 19.2. The summed E-state index contributed by atoms with van der Waals surface area (Å²) in [5.74, 6) is 0.500. The number of ether oxygens (including phenoxy) is 1. The standard InChI is InChI=1S/C22H35N7O3S/c1-27-10-12-29(13-11-27)33(30,31)20-5-2-4-19(18-20)25-21-24-8-7-22(23,26-21)6-3-9-28-14-16-32-17-15-28/h2,4-5,7-8,18H,3,6,9-17,23H2,1H3,(H2,24,25,26). The van der Waals surface area contributed by atoms with Crippen LogP contribution < -0.4 is 16.4 Å². The van der Waals surface area contributed by atoms with E-state index in [0.717, 1.165) is 52.4 Å². The van der Waals surface area contributed by atoms with Crippen LogP contribution in [0.5, 0.6) is 0 Å². The molecule has 0 spiro atoms. The normalized spacial score (nSPS) is 25.5. The number of benzene rings is 1. The third-order valence-electron chi connectivity index (χ3n) is 6.26. The molecule has 0 bridgehead atoms. The van der Waals surface area contributed by atoms with Crippen molar-refractivity contribution in [1.29, 1.82) is 0 Å². The molecule has 3 aliphatic rings. The Labute approximate surface area is 196 Å². The minimum atomic E-state index is -3.54. The number of guanidine groups is 1. The molecule has 182 valence electrons. The molecule has 4 rings (SSSR count). The van der Waals surface area contributed by atoms with Crippen molar-refractivity contribution in [3.05, 3.63) is 36.5 Å². The topological polar surface area (TPSA) is 116 Å². The van der Waals surface area contributed by atoms with Crippen LogP contribution in [0.3, 0.4) is 0 Å². The smallest absolute Gasteiger partial charge is 0.243 e. The molecule has 1 aromatic carbocycles. The number of likely N-dealkylation sites (N-methyl/N-ethyl adjacent to an activating group) is 1. The van der Waals surface area contributed by atoms with Crippen molar-refractivity contribution in [3.63, 3.8) is 0 Å². The van der Waals surface area contributed by atoms with E-state index in [-0.39, 0.29) is 4.90 Å². The second-order valence-corrected chi connectivity index (χ2v) is 10.8. The van der Waals surface area contributed by atoms with E-state index >= 15 is 0 Å². The number of rotatable bonds is 7. The number of anilines is 1. The summed E-state index contributed by atoms with van der Waals surface area (Å²) in [6, 6.07) is 6.84.